The molecule has 0 unspecified atom stereocenters. The number of ketones is 5. The Morgan fingerprint density at radius 3 is 1.18 bits per heavy atom. The first-order valence-electron chi connectivity index (χ1n) is 49.8. The third-order valence-electron chi connectivity index (χ3n) is 32.1. The van der Waals surface area contributed by atoms with Gasteiger partial charge < -0.3 is 116 Å². The molecule has 0 radical (unpaired) electrons. The summed E-state index contributed by atoms with van der Waals surface area (Å²) in [6.45, 7) is 10.7. The number of phenolic OH excluding ortho intramolecular Hbond substituents is 2. The number of piperidine rings is 3. The smallest absolute Gasteiger partial charge is 0.414 e. The first-order chi connectivity index (χ1) is 66.8. The van der Waals surface area contributed by atoms with E-state index in [1.54, 1.807) is 51.6 Å². The number of hydrogen-bond acceptors (Lipinski definition) is 29. The predicted molar refractivity (Wildman–Crippen MR) is 513 cm³/mol. The standard InChI is InChI=1S/C36H50N6O8.C35H48N4O8.C31H39N3O9.CH4/c1-21(43)17-25(44)18-24(5-4-13-40-33(37)38)32(45)39-14-16-41(2)34(46)49-27-10-11-36(47)28-19-23-8-9-26(48-3)30-29(23)35(36,31(27)50-30)12-15-42(28)20-22-6-7-22;1-21(40)17-25(41)18-24(5-3-4-13-36)32(43)37-14-16-38(2)33(44)46-27-10-11-35(45)28-19-23-8-9-26(42)30-29(23)34(35,31(27)47-30)12-15-39(28)20-22-6-7-22;1-17(35)13-20(15-24(37)38)28(39)32-10-12-33(2)29(40)42-22-7-8-31(41)23-14-19-5-6-21(36)26-25(19)30(31,27(22)43-26)9-11-34(23)16-18-3-4-18;/h8-10,22,24,28,31,47H,4-7,11-20H2,1-3H3,(H,39,45)(H4,37,38,40);8-10,22,24,28,31,42,45H,3-7,11-20,36H2,1-2H3,(H,37,43);5-7,18,20,23,27,36,41H,3-4,8-16H2,1-2H3,(H,32,39)(H,37,38);1H4/t24-,28+,31-,35-,36+;24-,28+,31-,34-,35+;20-,23-,27+,30+,31-;/m001./s1. The lowest BCUT2D eigenvalue weighted by Crippen LogP contribution is -2.75. The molecule has 3 saturated heterocycles. The molecule has 3 spiro atoms. The monoisotopic (exact) mass is 1960 g/mol. The second-order valence-electron chi connectivity index (χ2n) is 41.7. The highest BCUT2D eigenvalue weighted by Gasteiger charge is 2.76. The van der Waals surface area contributed by atoms with Gasteiger partial charge in [0.2, 0.25) is 17.7 Å². The molecule has 0 aromatic heterocycles. The maximum Gasteiger partial charge on any atom is 0.414 e. The number of carboxylic acids is 1. The number of carbonyl (C=O) groups excluding carboxylic acids is 11. The average Bonchev–Trinajstić information content (AvgIpc) is 1.50. The highest BCUT2D eigenvalue weighted by Crippen LogP contribution is 2.70. The number of likely N-dealkylation sites (tertiary alicyclic amines) is 3. The number of carboxylic acid groups (broad SMARTS) is 1. The van der Waals surface area contributed by atoms with Gasteiger partial charge >= 0.3 is 24.2 Å². The molecular weight excluding hydrogens is 1820 g/mol. The molecule has 9 aliphatic carbocycles. The molecule has 6 aliphatic heterocycles. The van der Waals surface area contributed by atoms with Gasteiger partial charge in [-0.3, -0.25) is 58.0 Å². The molecule has 38 heteroatoms. The van der Waals surface area contributed by atoms with Crippen LogP contribution in [0.2, 0.25) is 0 Å². The fraction of sp³-hybridized carbons (Fsp3) is 0.641. The largest absolute Gasteiger partial charge is 0.504 e. The van der Waals surface area contributed by atoms with E-state index in [9.17, 15) is 83.1 Å². The van der Waals surface area contributed by atoms with Gasteiger partial charge in [-0.1, -0.05) is 32.0 Å². The molecule has 15 atom stereocenters. The van der Waals surface area contributed by atoms with Crippen LogP contribution in [0.1, 0.15) is 209 Å². The van der Waals surface area contributed by atoms with Crippen LogP contribution in [0.4, 0.5) is 14.4 Å². The van der Waals surface area contributed by atoms with Crippen LogP contribution in [-0.4, -0.2) is 310 Å². The predicted octanol–water partition coefficient (Wildman–Crippen LogP) is 6.20. The number of benzene rings is 3. The molecule has 6 heterocycles. The minimum Gasteiger partial charge on any atom is -0.504 e. The number of aliphatic hydroxyl groups is 3. The lowest BCUT2D eigenvalue weighted by atomic mass is 9.50. The summed E-state index contributed by atoms with van der Waals surface area (Å²) in [5.74, 6) is -1.18. The molecule has 18 rings (SSSR count). The van der Waals surface area contributed by atoms with Crippen LogP contribution >= 0.6 is 0 Å². The van der Waals surface area contributed by atoms with E-state index in [0.29, 0.717) is 142 Å². The number of carbonyl (C=O) groups is 12. The SMILES string of the molecule is C.CC(=O)CC(=O)C[C@H](CCCCN)C(=O)NCCN(C)C(=O)OC1=CC[C@@]2(O)[C@H]3Cc4ccc(O)c5c4[C@@]2(CCN3CC2CC2)[C@H]1O5.CC(=O)C[C@H](CC(=O)O)C(=O)NCCN(C)C(=O)OC1=CC[C@@]2(O)[C@H]3Cc4ccc(O)c5c4[C@@]2(CCN3CC2CC2)[C@H]1O5.COc1ccc2c3c1O[C@H]1C(OC(=O)N(C)CCNC(=O)[C@@H](CCCN=C(N)N)CC(=O)CC(C)=O)=CC[C@@]4(O)[C@@H](C2)N(CC2CC2)CC[C@]314. The van der Waals surface area contributed by atoms with Gasteiger partial charge in [0.25, 0.3) is 0 Å². The number of nitrogens with two attached hydrogens (primary N) is 3. The van der Waals surface area contributed by atoms with Gasteiger partial charge in [-0.2, -0.15) is 0 Å². The number of phenols is 2. The Labute approximate surface area is 821 Å². The van der Waals surface area contributed by atoms with E-state index in [0.717, 1.165) is 79.1 Å². The minimum absolute atomic E-state index is 0. The van der Waals surface area contributed by atoms with Gasteiger partial charge in [0, 0.05) is 172 Å². The molecule has 768 valence electrons. The van der Waals surface area contributed by atoms with Crippen LogP contribution in [-0.2, 0) is 92.9 Å². The zero-order valence-corrected chi connectivity index (χ0v) is 81.2. The number of guanidine groups is 1. The molecule has 3 saturated carbocycles. The number of rotatable bonds is 42. The van der Waals surface area contributed by atoms with Crippen molar-refractivity contribution in [1.29, 1.82) is 0 Å². The Morgan fingerprint density at radius 2 is 0.844 bits per heavy atom. The number of aliphatic imine (C=N–C) groups is 1. The number of methoxy groups -OCH3 is 1. The highest BCUT2D eigenvalue weighted by atomic mass is 16.6. The summed E-state index contributed by atoms with van der Waals surface area (Å²) in [4.78, 5) is 164. The number of nitrogens with one attached hydrogen (secondary N) is 3. The number of likely N-dealkylation sites (N-methyl/N-ethyl adjacent to an activating group) is 3. The van der Waals surface area contributed by atoms with Crippen LogP contribution in [0.25, 0.3) is 0 Å². The molecule has 3 aromatic rings. The minimum atomic E-state index is -1.18. The number of nitrogens with zero attached hydrogens (tertiary/aromatic N) is 7. The quantitative estimate of drug-likeness (QED) is 0.00986. The normalized spacial score (nSPS) is 27.4. The molecule has 3 aromatic carbocycles. The van der Waals surface area contributed by atoms with Gasteiger partial charge in [0.1, 0.15) is 46.2 Å². The van der Waals surface area contributed by atoms with E-state index >= 15 is 0 Å². The summed E-state index contributed by atoms with van der Waals surface area (Å²) in [5, 5.41) is 76.7. The Bertz CT molecular complexity index is 5460. The molecule has 6 amide bonds. The molecule has 141 heavy (non-hydrogen) atoms. The Hall–Kier alpha value is -11.3. The van der Waals surface area contributed by atoms with Crippen molar-refractivity contribution in [3.05, 3.63) is 105 Å². The third kappa shape index (κ3) is 20.5. The number of amides is 6. The van der Waals surface area contributed by atoms with Gasteiger partial charge in [-0.15, -0.1) is 0 Å². The van der Waals surface area contributed by atoms with E-state index in [4.69, 9.17) is 55.5 Å². The summed E-state index contributed by atoms with van der Waals surface area (Å²) < 4.78 is 43.0. The summed E-state index contributed by atoms with van der Waals surface area (Å²) in [6, 6.07) is 10.8. The van der Waals surface area contributed by atoms with Crippen molar-refractivity contribution >= 4 is 76.8 Å². The number of unbranched alkanes of at least 4 members (excludes halogenated alkanes) is 1. The molecule has 15 N–H and O–H groups in total. The number of aliphatic carboxylic acids is 1. The van der Waals surface area contributed by atoms with Crippen molar-refractivity contribution in [2.24, 2.45) is 57.7 Å². The number of aromatic hydroxyl groups is 2. The fourth-order valence-electron chi connectivity index (χ4n) is 24.7. The summed E-state index contributed by atoms with van der Waals surface area (Å²) in [6.07, 6.45) is 14.8. The van der Waals surface area contributed by atoms with Crippen molar-refractivity contribution in [3.8, 4) is 34.5 Å². The summed E-state index contributed by atoms with van der Waals surface area (Å²) >= 11 is 0. The van der Waals surface area contributed by atoms with Crippen LogP contribution in [0.5, 0.6) is 34.5 Å². The van der Waals surface area contributed by atoms with Crippen LogP contribution in [0.3, 0.4) is 0 Å². The summed E-state index contributed by atoms with van der Waals surface area (Å²) in [7, 11) is 6.26. The van der Waals surface area contributed by atoms with Gasteiger partial charge in [0.15, 0.2) is 58.8 Å². The summed E-state index contributed by atoms with van der Waals surface area (Å²) in [5.41, 5.74) is 16.3. The lowest BCUT2D eigenvalue weighted by Gasteiger charge is -2.62. The molecule has 15 aliphatic rings. The number of ether oxygens (including phenoxy) is 7. The Kier molecular flexibility index (Phi) is 31.2. The van der Waals surface area contributed by atoms with E-state index in [1.165, 1.54) is 81.0 Å². The Morgan fingerprint density at radius 1 is 0.489 bits per heavy atom. The second-order valence-corrected chi connectivity index (χ2v) is 41.7. The Balaban J connectivity index is 0.000000160. The topological polar surface area (TPSA) is 537 Å². The van der Waals surface area contributed by atoms with E-state index < -0.39 is 106 Å². The van der Waals surface area contributed by atoms with Crippen LogP contribution in [0.15, 0.2) is 76.9 Å². The molecule has 6 fully saturated rings. The fourth-order valence-corrected chi connectivity index (χ4v) is 24.7. The zero-order chi connectivity index (χ0) is 100.0. The zero-order valence-electron chi connectivity index (χ0n) is 81.2. The second kappa shape index (κ2) is 42.3. The van der Waals surface area contributed by atoms with Crippen molar-refractivity contribution in [2.45, 2.75) is 265 Å². The lowest BCUT2D eigenvalue weighted by molar-refractivity contribution is -0.169. The first kappa shape index (κ1) is 104. The maximum atomic E-state index is 13.5. The van der Waals surface area contributed by atoms with E-state index in [2.05, 4.69) is 41.7 Å². The average molecular weight is 1960 g/mol. The van der Waals surface area contributed by atoms with Crippen molar-refractivity contribution in [1.82, 2.24) is 45.3 Å². The highest BCUT2D eigenvalue weighted by molar-refractivity contribution is 6.00. The van der Waals surface area contributed by atoms with Crippen molar-refractivity contribution in [3.63, 3.8) is 0 Å². The number of Topliss-reactive ketones (excluding diaryl/α,β-unsaturated/α-hetero) is 5. The first-order valence-corrected chi connectivity index (χ1v) is 49.8. The number of hydrogen-bond donors (Lipinski definition) is 12. The van der Waals surface area contributed by atoms with E-state index in [-0.39, 0.29) is 167 Å². The van der Waals surface area contributed by atoms with E-state index in [1.807, 2.05) is 18.2 Å². The van der Waals surface area contributed by atoms with Crippen LogP contribution < -0.4 is 52.1 Å². The van der Waals surface area contributed by atoms with Crippen molar-refractivity contribution in [2.75, 3.05) is 120 Å². The molecule has 38 nitrogen and oxygen atoms in total. The van der Waals surface area contributed by atoms with Gasteiger partial charge in [-0.25, -0.2) is 14.4 Å². The van der Waals surface area contributed by atoms with Crippen molar-refractivity contribution < 1.29 is 121 Å². The van der Waals surface area contributed by atoms with Crippen LogP contribution in [0, 0.1) is 35.5 Å². The molecule has 6 bridgehead atoms. The van der Waals surface area contributed by atoms with Gasteiger partial charge in [-0.05, 0) is 221 Å². The third-order valence-corrected chi connectivity index (χ3v) is 32.1. The molecular formula is C103H141N13O25. The van der Waals surface area contributed by atoms with Gasteiger partial charge in [0.05, 0.1) is 65.3 Å². The maximum absolute atomic E-state index is 13.5.